The Morgan fingerprint density at radius 2 is 2.15 bits per heavy atom. The van der Waals surface area contributed by atoms with Gasteiger partial charge in [0.15, 0.2) is 0 Å². The number of carbonyl (C=O) groups is 2. The number of hydrogen-bond acceptors (Lipinski definition) is 4. The maximum Gasteiger partial charge on any atom is 0.328 e. The first kappa shape index (κ1) is 14.7. The zero-order chi connectivity index (χ0) is 14.7. The van der Waals surface area contributed by atoms with Crippen LogP contribution in [0.4, 0.5) is 0 Å². The molecule has 1 unspecified atom stereocenters. The Hall–Kier alpha value is -1.66. The summed E-state index contributed by atoms with van der Waals surface area (Å²) in [5.41, 5.74) is 0. The van der Waals surface area contributed by atoms with Gasteiger partial charge in [0.25, 0.3) is 5.91 Å². The summed E-state index contributed by atoms with van der Waals surface area (Å²) in [5, 5.41) is 8.59. The second-order valence-corrected chi connectivity index (χ2v) is 6.10. The molecule has 0 aromatic carbocycles. The third-order valence-electron chi connectivity index (χ3n) is 3.32. The van der Waals surface area contributed by atoms with Gasteiger partial charge >= 0.3 is 5.97 Å². The predicted octanol–water partition coefficient (Wildman–Crippen LogP) is 1.62. The molecule has 1 amide bonds. The van der Waals surface area contributed by atoms with Gasteiger partial charge in [-0.25, -0.2) is 4.79 Å². The van der Waals surface area contributed by atoms with Crippen molar-refractivity contribution in [2.45, 2.75) is 13.0 Å². The lowest BCUT2D eigenvalue weighted by molar-refractivity contribution is -0.131. The number of carboxylic acid groups (broad SMARTS) is 1. The Kier molecular flexibility index (Phi) is 4.57. The molecule has 0 aliphatic carbocycles. The van der Waals surface area contributed by atoms with Crippen LogP contribution in [-0.2, 0) is 4.79 Å². The Morgan fingerprint density at radius 1 is 1.40 bits per heavy atom. The number of aliphatic carboxylic acids is 1. The van der Waals surface area contributed by atoms with E-state index in [9.17, 15) is 9.59 Å². The molecule has 1 N–H and O–H groups in total. The highest BCUT2D eigenvalue weighted by Crippen LogP contribution is 2.21. The molecule has 0 spiro atoms. The fraction of sp³-hybridized carbons (Fsp3) is 0.429. The number of carbonyl (C=O) groups excluding carboxylic acids is 1. The number of nitrogens with zero attached hydrogens (tertiary/aromatic N) is 2. The molecule has 5 nitrogen and oxygen atoms in total. The molecule has 2 heterocycles. The number of likely N-dealkylation sites (N-methyl/N-ethyl adjacent to an activating group) is 1. The average Bonchev–Trinajstić information content (AvgIpc) is 2.84. The molecule has 1 fully saturated rings. The molecule has 108 valence electrons. The van der Waals surface area contributed by atoms with E-state index in [-0.39, 0.29) is 11.9 Å². The minimum atomic E-state index is -0.987. The molecule has 1 saturated heterocycles. The second kappa shape index (κ2) is 6.19. The maximum atomic E-state index is 12.4. The molecule has 0 bridgehead atoms. The summed E-state index contributed by atoms with van der Waals surface area (Å²) in [7, 11) is 2.05. The van der Waals surface area contributed by atoms with Crippen LogP contribution in [0.1, 0.15) is 21.5 Å². The van der Waals surface area contributed by atoms with E-state index in [1.54, 1.807) is 12.1 Å². The van der Waals surface area contributed by atoms with E-state index in [1.165, 1.54) is 17.4 Å². The van der Waals surface area contributed by atoms with E-state index in [0.717, 1.165) is 30.6 Å². The molecular weight excluding hydrogens is 276 g/mol. The summed E-state index contributed by atoms with van der Waals surface area (Å²) < 4.78 is 0. The maximum absolute atomic E-state index is 12.4. The largest absolute Gasteiger partial charge is 0.478 e. The van der Waals surface area contributed by atoms with Gasteiger partial charge in [0.1, 0.15) is 0 Å². The van der Waals surface area contributed by atoms with Crippen LogP contribution in [0, 0.1) is 0 Å². The van der Waals surface area contributed by atoms with E-state index in [0.29, 0.717) is 4.88 Å². The average molecular weight is 294 g/mol. The smallest absolute Gasteiger partial charge is 0.328 e. The fourth-order valence-corrected chi connectivity index (χ4v) is 3.16. The van der Waals surface area contributed by atoms with Crippen molar-refractivity contribution < 1.29 is 14.7 Å². The van der Waals surface area contributed by atoms with Crippen molar-refractivity contribution in [2.24, 2.45) is 0 Å². The topological polar surface area (TPSA) is 60.9 Å². The summed E-state index contributed by atoms with van der Waals surface area (Å²) in [6.07, 6.45) is 2.59. The minimum absolute atomic E-state index is 0.0329. The quantitative estimate of drug-likeness (QED) is 0.861. The van der Waals surface area contributed by atoms with Crippen molar-refractivity contribution in [3.8, 4) is 0 Å². The van der Waals surface area contributed by atoms with Gasteiger partial charge in [-0.3, -0.25) is 4.79 Å². The molecule has 6 heteroatoms. The third kappa shape index (κ3) is 3.46. The van der Waals surface area contributed by atoms with Gasteiger partial charge in [0.2, 0.25) is 0 Å². The highest BCUT2D eigenvalue weighted by Gasteiger charge is 2.27. The summed E-state index contributed by atoms with van der Waals surface area (Å²) in [6, 6.07) is 3.74. The first-order valence-electron chi connectivity index (χ1n) is 6.47. The molecule has 20 heavy (non-hydrogen) atoms. The lowest BCUT2D eigenvalue weighted by atomic mass is 10.2. The Bertz CT molecular complexity index is 538. The zero-order valence-electron chi connectivity index (χ0n) is 11.6. The summed E-state index contributed by atoms with van der Waals surface area (Å²) in [4.78, 5) is 28.4. The van der Waals surface area contributed by atoms with Crippen molar-refractivity contribution in [1.82, 2.24) is 9.80 Å². The van der Waals surface area contributed by atoms with Crippen LogP contribution < -0.4 is 0 Å². The van der Waals surface area contributed by atoms with Crippen LogP contribution in [0.15, 0.2) is 18.2 Å². The van der Waals surface area contributed by atoms with E-state index < -0.39 is 5.97 Å². The SMILES string of the molecule is CC1CN(C)CCN1C(=O)c1ccc(/C=C/C(=O)O)s1. The van der Waals surface area contributed by atoms with Gasteiger partial charge < -0.3 is 14.9 Å². The number of carboxylic acids is 1. The van der Waals surface area contributed by atoms with E-state index >= 15 is 0 Å². The highest BCUT2D eigenvalue weighted by molar-refractivity contribution is 7.14. The molecular formula is C14H18N2O3S. The van der Waals surface area contributed by atoms with Crippen molar-refractivity contribution in [3.05, 3.63) is 28.0 Å². The molecule has 0 saturated carbocycles. The van der Waals surface area contributed by atoms with Crippen molar-refractivity contribution >= 4 is 29.3 Å². The number of thiophene rings is 1. The van der Waals surface area contributed by atoms with E-state index in [2.05, 4.69) is 11.9 Å². The number of piperazine rings is 1. The molecule has 1 aromatic heterocycles. The van der Waals surface area contributed by atoms with E-state index in [4.69, 9.17) is 5.11 Å². The van der Waals surface area contributed by atoms with Crippen LogP contribution in [0.25, 0.3) is 6.08 Å². The summed E-state index contributed by atoms with van der Waals surface area (Å²) >= 11 is 1.32. The van der Waals surface area contributed by atoms with Gasteiger partial charge in [0.05, 0.1) is 4.88 Å². The molecule has 2 rings (SSSR count). The lowest BCUT2D eigenvalue weighted by Crippen LogP contribution is -2.52. The number of rotatable bonds is 3. The van der Waals surface area contributed by atoms with Gasteiger partial charge in [-0.2, -0.15) is 0 Å². The van der Waals surface area contributed by atoms with Crippen LogP contribution in [0.5, 0.6) is 0 Å². The monoisotopic (exact) mass is 294 g/mol. The summed E-state index contributed by atoms with van der Waals surface area (Å²) in [5.74, 6) is -0.954. The van der Waals surface area contributed by atoms with Gasteiger partial charge in [-0.15, -0.1) is 11.3 Å². The minimum Gasteiger partial charge on any atom is -0.478 e. The standard InChI is InChI=1S/C14H18N2O3S/c1-10-9-15(2)7-8-16(10)14(19)12-5-3-11(20-12)4-6-13(17)18/h3-6,10H,7-9H2,1-2H3,(H,17,18)/b6-4+. The van der Waals surface area contributed by atoms with Crippen molar-refractivity contribution in [1.29, 1.82) is 0 Å². The van der Waals surface area contributed by atoms with Gasteiger partial charge in [-0.1, -0.05) is 0 Å². The Labute approximate surface area is 122 Å². The highest BCUT2D eigenvalue weighted by atomic mass is 32.1. The van der Waals surface area contributed by atoms with Crippen molar-refractivity contribution in [2.75, 3.05) is 26.7 Å². The third-order valence-corrected chi connectivity index (χ3v) is 4.36. The van der Waals surface area contributed by atoms with Gasteiger partial charge in [-0.05, 0) is 32.2 Å². The Morgan fingerprint density at radius 3 is 2.80 bits per heavy atom. The zero-order valence-corrected chi connectivity index (χ0v) is 12.4. The summed E-state index contributed by atoms with van der Waals surface area (Å²) in [6.45, 7) is 4.54. The number of hydrogen-bond donors (Lipinski definition) is 1. The van der Waals surface area contributed by atoms with E-state index in [1.807, 2.05) is 11.8 Å². The molecule has 1 atom stereocenters. The first-order chi connectivity index (χ1) is 9.47. The predicted molar refractivity (Wildman–Crippen MR) is 79.0 cm³/mol. The van der Waals surface area contributed by atoms with Crippen LogP contribution >= 0.6 is 11.3 Å². The van der Waals surface area contributed by atoms with Crippen LogP contribution in [0.3, 0.4) is 0 Å². The lowest BCUT2D eigenvalue weighted by Gasteiger charge is -2.38. The van der Waals surface area contributed by atoms with Crippen LogP contribution in [-0.4, -0.2) is 59.5 Å². The molecule has 0 radical (unpaired) electrons. The number of amides is 1. The second-order valence-electron chi connectivity index (χ2n) is 4.98. The molecule has 1 aromatic rings. The first-order valence-corrected chi connectivity index (χ1v) is 7.29. The van der Waals surface area contributed by atoms with Crippen molar-refractivity contribution in [3.63, 3.8) is 0 Å². The molecule has 1 aliphatic rings. The fourth-order valence-electron chi connectivity index (χ4n) is 2.29. The van der Waals surface area contributed by atoms with Gasteiger partial charge in [0, 0.05) is 36.6 Å². The normalized spacial score (nSPS) is 20.5. The Balaban J connectivity index is 2.08. The van der Waals surface area contributed by atoms with Crippen LogP contribution in [0.2, 0.25) is 0 Å². The molecule has 1 aliphatic heterocycles.